The zero-order valence-electron chi connectivity index (χ0n) is 14.6. The van der Waals surface area contributed by atoms with Crippen molar-refractivity contribution in [3.8, 4) is 5.75 Å². The molecule has 1 aromatic heterocycles. The van der Waals surface area contributed by atoms with Gasteiger partial charge < -0.3 is 15.4 Å². The maximum Gasteiger partial charge on any atom is 0.416 e. The average molecular weight is 447 g/mol. The fourth-order valence-electron chi connectivity index (χ4n) is 2.36. The molecular weight excluding hydrogens is 435 g/mol. The topological polar surface area (TPSA) is 59.1 Å². The number of hydrogen-bond donors (Lipinski definition) is 2. The molecule has 5 nitrogen and oxygen atoms in total. The normalized spacial score (nSPS) is 11.3. The Bertz CT molecular complexity index is 1030. The van der Waals surface area contributed by atoms with E-state index in [4.69, 9.17) is 27.9 Å². The third-order valence-corrected chi connectivity index (χ3v) is 4.03. The van der Waals surface area contributed by atoms with Crippen molar-refractivity contribution in [3.05, 3.63) is 64.0 Å². The molecule has 0 saturated heterocycles. The zero-order valence-corrected chi connectivity index (χ0v) is 16.1. The first-order valence-corrected chi connectivity index (χ1v) is 8.68. The first-order valence-electron chi connectivity index (χ1n) is 7.93. The number of nitrogens with one attached hydrogen (secondary N) is 2. The van der Waals surface area contributed by atoms with Crippen molar-refractivity contribution >= 4 is 46.3 Å². The Morgan fingerprint density at radius 1 is 0.931 bits per heavy atom. The molecule has 0 saturated carbocycles. The molecule has 0 amide bonds. The van der Waals surface area contributed by atoms with Crippen LogP contribution in [0.3, 0.4) is 0 Å². The van der Waals surface area contributed by atoms with Gasteiger partial charge >= 0.3 is 6.18 Å². The van der Waals surface area contributed by atoms with Crippen LogP contribution in [0.15, 0.2) is 42.6 Å². The van der Waals surface area contributed by atoms with Gasteiger partial charge in [0.25, 0.3) is 0 Å². The molecule has 3 rings (SSSR count). The third kappa shape index (κ3) is 5.39. The van der Waals surface area contributed by atoms with E-state index in [1.807, 2.05) is 0 Å². The molecule has 0 aliphatic heterocycles. The molecule has 0 unspecified atom stereocenters. The summed E-state index contributed by atoms with van der Waals surface area (Å²) in [4.78, 5) is 7.75. The Morgan fingerprint density at radius 2 is 1.59 bits per heavy atom. The number of ether oxygens (including phenoxy) is 1. The van der Waals surface area contributed by atoms with Crippen molar-refractivity contribution in [1.29, 1.82) is 0 Å². The molecule has 29 heavy (non-hydrogen) atoms. The molecule has 11 heteroatoms. The standard InChI is InChI=1S/C18H12Cl2F4N4O/c1-29-14-3-9(18(22,23)24)2-12(7-14)26-16-15(21)8-25-17(28-16)27-13-5-10(19)4-11(20)6-13/h2-8H,1H3,(H2,25,26,27,28). The van der Waals surface area contributed by atoms with Crippen molar-refractivity contribution in [3.63, 3.8) is 0 Å². The molecule has 3 aromatic rings. The quantitative estimate of drug-likeness (QED) is 0.441. The predicted octanol–water partition coefficient (Wildman–Crippen LogP) is 6.44. The summed E-state index contributed by atoms with van der Waals surface area (Å²) in [6.45, 7) is 0. The number of aromatic nitrogens is 2. The Kier molecular flexibility index (Phi) is 5.99. The van der Waals surface area contributed by atoms with Gasteiger partial charge in [0.2, 0.25) is 5.95 Å². The molecule has 152 valence electrons. The van der Waals surface area contributed by atoms with Crippen LogP contribution in [0.4, 0.5) is 40.7 Å². The monoisotopic (exact) mass is 446 g/mol. The maximum atomic E-state index is 14.1. The van der Waals surface area contributed by atoms with E-state index in [-0.39, 0.29) is 23.2 Å². The fourth-order valence-corrected chi connectivity index (χ4v) is 2.89. The summed E-state index contributed by atoms with van der Waals surface area (Å²) in [5.41, 5.74) is -0.576. The number of benzene rings is 2. The molecule has 0 radical (unpaired) electrons. The molecule has 0 atom stereocenters. The Morgan fingerprint density at radius 3 is 2.21 bits per heavy atom. The van der Waals surface area contributed by atoms with Gasteiger partial charge in [-0.3, -0.25) is 0 Å². The molecule has 0 bridgehead atoms. The van der Waals surface area contributed by atoms with E-state index in [2.05, 4.69) is 20.6 Å². The van der Waals surface area contributed by atoms with Crippen LogP contribution in [0.2, 0.25) is 10.0 Å². The van der Waals surface area contributed by atoms with Crippen molar-refractivity contribution < 1.29 is 22.3 Å². The van der Waals surface area contributed by atoms with Crippen molar-refractivity contribution in [2.24, 2.45) is 0 Å². The number of methoxy groups -OCH3 is 1. The summed E-state index contributed by atoms with van der Waals surface area (Å²) >= 11 is 11.8. The third-order valence-electron chi connectivity index (χ3n) is 3.60. The van der Waals surface area contributed by atoms with Crippen molar-refractivity contribution in [2.45, 2.75) is 6.18 Å². The van der Waals surface area contributed by atoms with E-state index in [9.17, 15) is 17.6 Å². The van der Waals surface area contributed by atoms with Gasteiger partial charge in [0.05, 0.1) is 18.9 Å². The lowest BCUT2D eigenvalue weighted by Crippen LogP contribution is -2.07. The lowest BCUT2D eigenvalue weighted by atomic mass is 10.1. The van der Waals surface area contributed by atoms with E-state index in [1.54, 1.807) is 12.1 Å². The molecule has 0 fully saturated rings. The van der Waals surface area contributed by atoms with E-state index in [0.29, 0.717) is 15.7 Å². The minimum absolute atomic E-state index is 0.0221. The lowest BCUT2D eigenvalue weighted by Gasteiger charge is -2.14. The highest BCUT2D eigenvalue weighted by Gasteiger charge is 2.31. The number of nitrogens with zero attached hydrogens (tertiary/aromatic N) is 2. The van der Waals surface area contributed by atoms with Crippen LogP contribution in [0.25, 0.3) is 0 Å². The van der Waals surface area contributed by atoms with E-state index < -0.39 is 17.6 Å². The van der Waals surface area contributed by atoms with Crippen LogP contribution in [0.1, 0.15) is 5.56 Å². The summed E-state index contributed by atoms with van der Waals surface area (Å²) in [6.07, 6.45) is -3.73. The van der Waals surface area contributed by atoms with E-state index >= 15 is 0 Å². The van der Waals surface area contributed by atoms with Crippen LogP contribution in [-0.4, -0.2) is 17.1 Å². The zero-order chi connectivity index (χ0) is 21.2. The van der Waals surface area contributed by atoms with Crippen LogP contribution < -0.4 is 15.4 Å². The van der Waals surface area contributed by atoms with Gasteiger partial charge in [0.1, 0.15) is 5.75 Å². The van der Waals surface area contributed by atoms with Crippen LogP contribution in [0, 0.1) is 5.82 Å². The highest BCUT2D eigenvalue weighted by Crippen LogP contribution is 2.35. The first-order chi connectivity index (χ1) is 13.6. The number of anilines is 4. The van der Waals surface area contributed by atoms with Gasteiger partial charge in [0, 0.05) is 27.5 Å². The summed E-state index contributed by atoms with van der Waals surface area (Å²) in [6, 6.07) is 7.54. The second-order valence-electron chi connectivity index (χ2n) is 5.75. The smallest absolute Gasteiger partial charge is 0.416 e. The maximum absolute atomic E-state index is 14.1. The number of halogens is 6. The van der Waals surface area contributed by atoms with Gasteiger partial charge in [-0.25, -0.2) is 9.37 Å². The van der Waals surface area contributed by atoms with Gasteiger partial charge in [0.15, 0.2) is 11.6 Å². The summed E-state index contributed by atoms with van der Waals surface area (Å²) in [5.74, 6) is -1.28. The number of alkyl halides is 3. The Balaban J connectivity index is 1.91. The summed E-state index contributed by atoms with van der Waals surface area (Å²) in [5, 5.41) is 6.02. The molecule has 0 aliphatic carbocycles. The summed E-state index contributed by atoms with van der Waals surface area (Å²) in [7, 11) is 1.22. The molecule has 1 heterocycles. The fraction of sp³-hybridized carbons (Fsp3) is 0.111. The van der Waals surface area contributed by atoms with Gasteiger partial charge in [-0.05, 0) is 30.3 Å². The Hall–Kier alpha value is -2.78. The average Bonchev–Trinajstić information content (AvgIpc) is 2.62. The first kappa shape index (κ1) is 20.9. The van der Waals surface area contributed by atoms with Crippen LogP contribution in [-0.2, 0) is 6.18 Å². The second kappa shape index (κ2) is 8.30. The molecule has 2 aromatic carbocycles. The summed E-state index contributed by atoms with van der Waals surface area (Å²) < 4.78 is 58.2. The van der Waals surface area contributed by atoms with Crippen LogP contribution >= 0.6 is 23.2 Å². The predicted molar refractivity (Wildman–Crippen MR) is 103 cm³/mol. The molecular formula is C18H12Cl2F4N4O. The van der Waals surface area contributed by atoms with Gasteiger partial charge in [-0.2, -0.15) is 18.2 Å². The molecule has 2 N–H and O–H groups in total. The second-order valence-corrected chi connectivity index (χ2v) is 6.62. The minimum Gasteiger partial charge on any atom is -0.497 e. The highest BCUT2D eigenvalue weighted by atomic mass is 35.5. The van der Waals surface area contributed by atoms with E-state index in [1.165, 1.54) is 19.2 Å². The van der Waals surface area contributed by atoms with Gasteiger partial charge in [-0.1, -0.05) is 23.2 Å². The van der Waals surface area contributed by atoms with Crippen LogP contribution in [0.5, 0.6) is 5.75 Å². The van der Waals surface area contributed by atoms with Gasteiger partial charge in [-0.15, -0.1) is 0 Å². The minimum atomic E-state index is -4.60. The molecule has 0 spiro atoms. The SMILES string of the molecule is COc1cc(Nc2nc(Nc3cc(Cl)cc(Cl)c3)ncc2F)cc(C(F)(F)F)c1. The Labute approximate surface area is 172 Å². The number of hydrogen-bond acceptors (Lipinski definition) is 5. The molecule has 0 aliphatic rings. The lowest BCUT2D eigenvalue weighted by molar-refractivity contribution is -0.137. The largest absolute Gasteiger partial charge is 0.497 e. The van der Waals surface area contributed by atoms with Crippen molar-refractivity contribution in [1.82, 2.24) is 9.97 Å². The highest BCUT2D eigenvalue weighted by molar-refractivity contribution is 6.35. The van der Waals surface area contributed by atoms with Crippen molar-refractivity contribution in [2.75, 3.05) is 17.7 Å². The number of rotatable bonds is 5. The van der Waals surface area contributed by atoms with E-state index in [0.717, 1.165) is 18.3 Å².